The summed E-state index contributed by atoms with van der Waals surface area (Å²) in [4.78, 5) is 14.2. The molecule has 0 unspecified atom stereocenters. The van der Waals surface area contributed by atoms with Crippen molar-refractivity contribution < 1.29 is 26.4 Å². The SMILES string of the molecule is CC(C)C(=O)N1CC(C)(C)c2cc(S(=O)(=O)Nc3ccc(C(F)(F)F)cc3)ccc21. The molecule has 2 aromatic rings. The smallest absolute Gasteiger partial charge is 0.311 e. The van der Waals surface area contributed by atoms with Crippen LogP contribution in [0.2, 0.25) is 0 Å². The number of carbonyl (C=O) groups excluding carboxylic acids is 1. The van der Waals surface area contributed by atoms with Gasteiger partial charge >= 0.3 is 6.18 Å². The molecule has 162 valence electrons. The van der Waals surface area contributed by atoms with Crippen LogP contribution in [0.5, 0.6) is 0 Å². The van der Waals surface area contributed by atoms with E-state index in [2.05, 4.69) is 4.72 Å². The summed E-state index contributed by atoms with van der Waals surface area (Å²) in [5.41, 5.74) is 0.123. The van der Waals surface area contributed by atoms with Crippen molar-refractivity contribution in [3.63, 3.8) is 0 Å². The standard InChI is InChI=1S/C21H23F3N2O3S/c1-13(2)19(27)26-12-20(3,4)17-11-16(9-10-18(17)26)30(28,29)25-15-7-5-14(6-8-15)21(22,23)24/h5-11,13,25H,12H2,1-4H3. The molecule has 1 aliphatic heterocycles. The highest BCUT2D eigenvalue weighted by Crippen LogP contribution is 2.42. The lowest BCUT2D eigenvalue weighted by atomic mass is 9.87. The summed E-state index contributed by atoms with van der Waals surface area (Å²) in [6.07, 6.45) is -4.50. The Morgan fingerprint density at radius 1 is 1.10 bits per heavy atom. The monoisotopic (exact) mass is 440 g/mol. The van der Waals surface area contributed by atoms with Gasteiger partial charge in [-0.1, -0.05) is 27.7 Å². The summed E-state index contributed by atoms with van der Waals surface area (Å²) < 4.78 is 66.0. The van der Waals surface area contributed by atoms with Crippen molar-refractivity contribution in [2.24, 2.45) is 5.92 Å². The van der Waals surface area contributed by atoms with Crippen molar-refractivity contribution in [2.45, 2.75) is 44.2 Å². The van der Waals surface area contributed by atoms with E-state index in [9.17, 15) is 26.4 Å². The molecule has 1 aliphatic rings. The van der Waals surface area contributed by atoms with Crippen LogP contribution in [0, 0.1) is 5.92 Å². The molecule has 0 saturated heterocycles. The van der Waals surface area contributed by atoms with E-state index in [1.807, 2.05) is 13.8 Å². The molecule has 0 aliphatic carbocycles. The van der Waals surface area contributed by atoms with E-state index in [0.717, 1.165) is 29.8 Å². The van der Waals surface area contributed by atoms with Gasteiger partial charge in [0.1, 0.15) is 0 Å². The van der Waals surface area contributed by atoms with Crippen LogP contribution in [0.3, 0.4) is 0 Å². The van der Waals surface area contributed by atoms with Crippen LogP contribution in [-0.2, 0) is 26.4 Å². The van der Waals surface area contributed by atoms with Gasteiger partial charge in [0.05, 0.1) is 10.5 Å². The van der Waals surface area contributed by atoms with Crippen molar-refractivity contribution >= 4 is 27.3 Å². The number of carbonyl (C=O) groups is 1. The first-order chi connectivity index (χ1) is 13.7. The van der Waals surface area contributed by atoms with Gasteiger partial charge in [-0.15, -0.1) is 0 Å². The van der Waals surface area contributed by atoms with Crippen LogP contribution in [0.1, 0.15) is 38.8 Å². The lowest BCUT2D eigenvalue weighted by Gasteiger charge is -2.22. The van der Waals surface area contributed by atoms with Gasteiger partial charge in [0, 0.05) is 29.3 Å². The van der Waals surface area contributed by atoms with Crippen molar-refractivity contribution in [1.29, 1.82) is 0 Å². The zero-order valence-electron chi connectivity index (χ0n) is 17.0. The van der Waals surface area contributed by atoms with Crippen molar-refractivity contribution in [1.82, 2.24) is 0 Å². The quantitative estimate of drug-likeness (QED) is 0.744. The minimum atomic E-state index is -4.50. The first kappa shape index (κ1) is 22.1. The Labute approximate surface area is 173 Å². The fourth-order valence-electron chi connectivity index (χ4n) is 3.48. The molecular formula is C21H23F3N2O3S. The molecule has 0 fully saturated rings. The number of halogens is 3. The second-order valence-electron chi connectivity index (χ2n) is 8.32. The number of hydrogen-bond acceptors (Lipinski definition) is 3. The van der Waals surface area contributed by atoms with Gasteiger partial charge in [-0.3, -0.25) is 9.52 Å². The molecule has 9 heteroatoms. The fraction of sp³-hybridized carbons (Fsp3) is 0.381. The number of nitrogens with zero attached hydrogens (tertiary/aromatic N) is 1. The average molecular weight is 440 g/mol. The minimum absolute atomic E-state index is 0.0203. The second kappa shape index (κ2) is 7.30. The van der Waals surface area contributed by atoms with E-state index < -0.39 is 27.2 Å². The number of hydrogen-bond donors (Lipinski definition) is 1. The van der Waals surface area contributed by atoms with E-state index in [1.54, 1.807) is 24.8 Å². The molecule has 0 bridgehead atoms. The number of amides is 1. The predicted molar refractivity (Wildman–Crippen MR) is 109 cm³/mol. The summed E-state index contributed by atoms with van der Waals surface area (Å²) in [5.74, 6) is -0.239. The lowest BCUT2D eigenvalue weighted by molar-refractivity contribution is -0.137. The maximum absolute atomic E-state index is 12.8. The van der Waals surface area contributed by atoms with Crippen LogP contribution in [-0.4, -0.2) is 20.9 Å². The number of fused-ring (bicyclic) bond motifs is 1. The van der Waals surface area contributed by atoms with Gasteiger partial charge in [-0.25, -0.2) is 8.42 Å². The lowest BCUT2D eigenvalue weighted by Crippen LogP contribution is -2.36. The van der Waals surface area contributed by atoms with Gasteiger partial charge in [0.25, 0.3) is 10.0 Å². The molecular weight excluding hydrogens is 417 g/mol. The van der Waals surface area contributed by atoms with Crippen LogP contribution in [0.4, 0.5) is 24.5 Å². The maximum Gasteiger partial charge on any atom is 0.416 e. The third-order valence-electron chi connectivity index (χ3n) is 5.08. The molecule has 2 aromatic carbocycles. The molecule has 0 spiro atoms. The molecule has 0 atom stereocenters. The topological polar surface area (TPSA) is 66.5 Å². The number of alkyl halides is 3. The third kappa shape index (κ3) is 4.16. The van der Waals surface area contributed by atoms with E-state index >= 15 is 0 Å². The van der Waals surface area contributed by atoms with E-state index in [1.165, 1.54) is 12.1 Å². The van der Waals surface area contributed by atoms with Crippen LogP contribution < -0.4 is 9.62 Å². The molecule has 1 N–H and O–H groups in total. The normalized spacial score (nSPS) is 15.9. The van der Waals surface area contributed by atoms with Gasteiger partial charge in [-0.05, 0) is 48.0 Å². The first-order valence-electron chi connectivity index (χ1n) is 9.38. The van der Waals surface area contributed by atoms with Crippen molar-refractivity contribution in [3.8, 4) is 0 Å². The van der Waals surface area contributed by atoms with Crippen LogP contribution in [0.25, 0.3) is 0 Å². The molecule has 1 heterocycles. The Kier molecular flexibility index (Phi) is 5.39. The summed E-state index contributed by atoms with van der Waals surface area (Å²) in [7, 11) is -4.02. The highest BCUT2D eigenvalue weighted by atomic mass is 32.2. The molecule has 3 rings (SSSR count). The zero-order chi connectivity index (χ0) is 22.5. The molecule has 0 radical (unpaired) electrons. The Bertz CT molecular complexity index is 1080. The minimum Gasteiger partial charge on any atom is -0.311 e. The Morgan fingerprint density at radius 2 is 1.70 bits per heavy atom. The molecule has 0 saturated carbocycles. The number of anilines is 2. The second-order valence-corrected chi connectivity index (χ2v) is 10.0. The molecule has 30 heavy (non-hydrogen) atoms. The first-order valence-corrected chi connectivity index (χ1v) is 10.9. The predicted octanol–water partition coefficient (Wildman–Crippen LogP) is 4.79. The number of rotatable bonds is 4. The molecule has 0 aromatic heterocycles. The van der Waals surface area contributed by atoms with Crippen LogP contribution in [0.15, 0.2) is 47.4 Å². The highest BCUT2D eigenvalue weighted by molar-refractivity contribution is 7.92. The van der Waals surface area contributed by atoms with E-state index in [0.29, 0.717) is 12.2 Å². The van der Waals surface area contributed by atoms with E-state index in [-0.39, 0.29) is 22.4 Å². The van der Waals surface area contributed by atoms with Gasteiger partial charge in [0.2, 0.25) is 5.91 Å². The van der Waals surface area contributed by atoms with Crippen molar-refractivity contribution in [3.05, 3.63) is 53.6 Å². The van der Waals surface area contributed by atoms with Gasteiger partial charge in [-0.2, -0.15) is 13.2 Å². The molecule has 1 amide bonds. The summed E-state index contributed by atoms with van der Waals surface area (Å²) in [5, 5.41) is 0. The largest absolute Gasteiger partial charge is 0.416 e. The maximum atomic E-state index is 12.8. The summed E-state index contributed by atoms with van der Waals surface area (Å²) in [6, 6.07) is 8.30. The summed E-state index contributed by atoms with van der Waals surface area (Å²) in [6.45, 7) is 7.91. The average Bonchev–Trinajstić information content (AvgIpc) is 2.91. The van der Waals surface area contributed by atoms with Crippen molar-refractivity contribution in [2.75, 3.05) is 16.2 Å². The third-order valence-corrected chi connectivity index (χ3v) is 6.45. The zero-order valence-corrected chi connectivity index (χ0v) is 17.9. The highest BCUT2D eigenvalue weighted by Gasteiger charge is 2.39. The van der Waals surface area contributed by atoms with Gasteiger partial charge < -0.3 is 4.90 Å². The number of benzene rings is 2. The number of sulfonamides is 1. The summed E-state index contributed by atoms with van der Waals surface area (Å²) >= 11 is 0. The Morgan fingerprint density at radius 3 is 2.23 bits per heavy atom. The Hall–Kier alpha value is -2.55. The number of nitrogens with one attached hydrogen (secondary N) is 1. The Balaban J connectivity index is 1.92. The van der Waals surface area contributed by atoms with Gasteiger partial charge in [0.15, 0.2) is 0 Å². The van der Waals surface area contributed by atoms with Crippen LogP contribution >= 0.6 is 0 Å². The molecule has 5 nitrogen and oxygen atoms in total. The fourth-order valence-corrected chi connectivity index (χ4v) is 4.56. The van der Waals surface area contributed by atoms with E-state index in [4.69, 9.17) is 0 Å².